The van der Waals surface area contributed by atoms with Crippen LogP contribution in [-0.4, -0.2) is 73.4 Å². The highest BCUT2D eigenvalue weighted by Gasteiger charge is 2.54. The zero-order valence-corrected chi connectivity index (χ0v) is 30.6. The third kappa shape index (κ3) is 8.67. The summed E-state index contributed by atoms with van der Waals surface area (Å²) in [7, 11) is 1.20. The molecule has 294 valence electrons. The van der Waals surface area contributed by atoms with E-state index in [1.165, 1.54) is 73.8 Å². The lowest BCUT2D eigenvalue weighted by Gasteiger charge is -2.44. The Morgan fingerprint density at radius 3 is 1.57 bits per heavy atom. The van der Waals surface area contributed by atoms with Crippen LogP contribution in [0.15, 0.2) is 149 Å². The van der Waals surface area contributed by atoms with Crippen molar-refractivity contribution in [3.8, 4) is 17.2 Å². The van der Waals surface area contributed by atoms with Crippen molar-refractivity contribution < 1.29 is 61.9 Å². The average Bonchev–Trinajstić information content (AvgIpc) is 3.26. The second kappa shape index (κ2) is 17.6. The van der Waals surface area contributed by atoms with Crippen LogP contribution in [-0.2, 0) is 23.7 Å². The Kier molecular flexibility index (Phi) is 11.8. The van der Waals surface area contributed by atoms with Crippen LogP contribution < -0.4 is 15.1 Å². The molecule has 0 unspecified atom stereocenters. The number of methoxy groups -OCH3 is 1. The van der Waals surface area contributed by atoms with Crippen LogP contribution in [0.4, 0.5) is 0 Å². The Morgan fingerprint density at radius 1 is 0.603 bits per heavy atom. The molecule has 0 amide bonds. The lowest BCUT2D eigenvalue weighted by Crippen LogP contribution is -2.63. The number of hydrogen-bond acceptors (Lipinski definition) is 14. The first-order chi connectivity index (χ1) is 28.2. The second-order valence-electron chi connectivity index (χ2n) is 12.8. The van der Waals surface area contributed by atoms with Crippen LogP contribution in [0.25, 0.3) is 11.0 Å². The average molecular weight is 787 g/mol. The van der Waals surface area contributed by atoms with Gasteiger partial charge in [-0.25, -0.2) is 24.0 Å². The zero-order chi connectivity index (χ0) is 40.6. The van der Waals surface area contributed by atoms with Crippen molar-refractivity contribution in [1.82, 2.24) is 0 Å². The standard InChI is InChI=1S/C44H34O14/c1-51-36-34(45)31-23-22-30(24-32(31)54-43(36)50)53-44-38(58-42(49)29-20-12-5-13-21-29)37(57-41(48)28-18-10-4-11-19-28)35(56-40(47)27-16-8-3-9-17-27)33(55-44)25-52-39(46)26-14-6-2-7-15-26/h2-24,33,35,37-38,44-45H,25H2,1H3/t33-,35+,37+,38-,44-/m1/s1. The summed E-state index contributed by atoms with van der Waals surface area (Å²) in [6.45, 7) is -0.570. The SMILES string of the molecule is COc1c(O)c2ccc(O[C@@H]3O[C@H](COC(=O)c4ccccc4)[C@H](OC(=O)c4ccccc4)[C@H](OC(=O)c4ccccc4)[C@H]3OC(=O)c3ccccc3)cc2oc1=O. The maximum Gasteiger partial charge on any atom is 0.383 e. The number of benzene rings is 5. The second-order valence-corrected chi connectivity index (χ2v) is 12.8. The van der Waals surface area contributed by atoms with E-state index in [1.807, 2.05) is 0 Å². The van der Waals surface area contributed by atoms with Crippen molar-refractivity contribution >= 4 is 34.8 Å². The molecule has 2 heterocycles. The van der Waals surface area contributed by atoms with E-state index in [0.717, 1.165) is 0 Å². The molecular weight excluding hydrogens is 752 g/mol. The van der Waals surface area contributed by atoms with E-state index in [0.29, 0.717) is 0 Å². The van der Waals surface area contributed by atoms with Gasteiger partial charge in [0.1, 0.15) is 24.0 Å². The van der Waals surface area contributed by atoms with Crippen LogP contribution >= 0.6 is 0 Å². The summed E-state index contributed by atoms with van der Waals surface area (Å²) in [4.78, 5) is 67.1. The highest BCUT2D eigenvalue weighted by atomic mass is 16.7. The van der Waals surface area contributed by atoms with Gasteiger partial charge in [0.25, 0.3) is 0 Å². The molecule has 14 nitrogen and oxygen atoms in total. The van der Waals surface area contributed by atoms with Crippen molar-refractivity contribution in [2.75, 3.05) is 13.7 Å². The van der Waals surface area contributed by atoms with E-state index in [1.54, 1.807) is 72.8 Å². The quantitative estimate of drug-likeness (QED) is 0.0847. The summed E-state index contributed by atoms with van der Waals surface area (Å²) in [5.41, 5.74) is -0.510. The van der Waals surface area contributed by atoms with Gasteiger partial charge in [-0.15, -0.1) is 0 Å². The van der Waals surface area contributed by atoms with Gasteiger partial charge in [0, 0.05) is 6.07 Å². The predicted molar refractivity (Wildman–Crippen MR) is 204 cm³/mol. The molecule has 1 aliphatic rings. The van der Waals surface area contributed by atoms with Crippen molar-refractivity contribution in [2.24, 2.45) is 0 Å². The van der Waals surface area contributed by atoms with Crippen molar-refractivity contribution in [1.29, 1.82) is 0 Å². The third-order valence-corrected chi connectivity index (χ3v) is 9.00. The molecule has 1 fully saturated rings. The topological polar surface area (TPSA) is 183 Å². The van der Waals surface area contributed by atoms with Gasteiger partial charge in [-0.1, -0.05) is 72.8 Å². The van der Waals surface area contributed by atoms with Gasteiger partial charge in [0.05, 0.1) is 34.7 Å². The molecule has 0 radical (unpaired) electrons. The maximum atomic E-state index is 13.9. The molecule has 5 atom stereocenters. The lowest BCUT2D eigenvalue weighted by molar-refractivity contribution is -0.275. The Balaban J connectivity index is 1.32. The van der Waals surface area contributed by atoms with Crippen molar-refractivity contribution in [2.45, 2.75) is 30.7 Å². The van der Waals surface area contributed by atoms with Gasteiger partial charge in [0.2, 0.25) is 18.1 Å². The molecule has 1 N–H and O–H groups in total. The molecule has 5 aromatic carbocycles. The van der Waals surface area contributed by atoms with E-state index in [9.17, 15) is 29.1 Å². The Hall–Kier alpha value is -7.45. The summed E-state index contributed by atoms with van der Waals surface area (Å²) in [5, 5.41) is 10.8. The smallest absolute Gasteiger partial charge is 0.383 e. The van der Waals surface area contributed by atoms with Gasteiger partial charge < -0.3 is 42.7 Å². The first kappa shape index (κ1) is 38.8. The molecule has 0 spiro atoms. The predicted octanol–water partition coefficient (Wildman–Crippen LogP) is 6.14. The number of carbonyl (C=O) groups excluding carboxylic acids is 4. The van der Waals surface area contributed by atoms with E-state index in [2.05, 4.69) is 0 Å². The normalized spacial score (nSPS) is 18.7. The summed E-state index contributed by atoms with van der Waals surface area (Å²) < 4.78 is 46.8. The molecule has 1 aromatic heterocycles. The summed E-state index contributed by atoms with van der Waals surface area (Å²) in [6, 6.07) is 36.0. The molecule has 7 rings (SSSR count). The number of esters is 4. The lowest BCUT2D eigenvalue weighted by atomic mass is 9.97. The molecule has 14 heteroatoms. The third-order valence-electron chi connectivity index (χ3n) is 9.00. The molecule has 6 aromatic rings. The van der Waals surface area contributed by atoms with E-state index >= 15 is 0 Å². The van der Waals surface area contributed by atoms with Crippen LogP contribution in [0.5, 0.6) is 17.2 Å². The maximum absolute atomic E-state index is 13.9. The number of ether oxygens (including phenoxy) is 7. The monoisotopic (exact) mass is 786 g/mol. The summed E-state index contributed by atoms with van der Waals surface area (Å²) in [6.07, 6.45) is -8.03. The van der Waals surface area contributed by atoms with Crippen LogP contribution in [0, 0.1) is 0 Å². The zero-order valence-electron chi connectivity index (χ0n) is 30.6. The van der Waals surface area contributed by atoms with Crippen LogP contribution in [0.3, 0.4) is 0 Å². The Morgan fingerprint density at radius 2 is 1.07 bits per heavy atom. The van der Waals surface area contributed by atoms with E-state index in [-0.39, 0.29) is 39.0 Å². The van der Waals surface area contributed by atoms with Crippen LogP contribution in [0.1, 0.15) is 41.4 Å². The molecule has 1 aliphatic heterocycles. The number of hydrogen-bond donors (Lipinski definition) is 1. The van der Waals surface area contributed by atoms with E-state index < -0.39 is 78.3 Å². The van der Waals surface area contributed by atoms with Gasteiger partial charge in [0.15, 0.2) is 18.0 Å². The minimum absolute atomic E-state index is 0.0288. The number of rotatable bonds is 12. The Bertz CT molecular complexity index is 2450. The largest absolute Gasteiger partial charge is 0.504 e. The van der Waals surface area contributed by atoms with Crippen molar-refractivity contribution in [3.63, 3.8) is 0 Å². The molecule has 1 saturated heterocycles. The molecule has 0 bridgehead atoms. The van der Waals surface area contributed by atoms with Gasteiger partial charge in [-0.3, -0.25) is 0 Å². The molecule has 0 saturated carbocycles. The molecule has 0 aliphatic carbocycles. The fourth-order valence-electron chi connectivity index (χ4n) is 6.16. The van der Waals surface area contributed by atoms with Gasteiger partial charge in [-0.05, 0) is 60.7 Å². The fourth-order valence-corrected chi connectivity index (χ4v) is 6.16. The summed E-state index contributed by atoms with van der Waals surface area (Å²) >= 11 is 0. The van der Waals surface area contributed by atoms with Gasteiger partial charge in [-0.2, -0.15) is 0 Å². The number of aromatic hydroxyl groups is 1. The minimum atomic E-state index is -1.68. The van der Waals surface area contributed by atoms with E-state index in [4.69, 9.17) is 37.6 Å². The highest BCUT2D eigenvalue weighted by molar-refractivity contribution is 5.92. The first-order valence-corrected chi connectivity index (χ1v) is 17.9. The Labute approximate surface area is 330 Å². The number of carbonyl (C=O) groups is 4. The summed E-state index contributed by atoms with van der Waals surface area (Å²) in [5.74, 6) is -4.28. The first-order valence-electron chi connectivity index (χ1n) is 17.9. The fraction of sp³-hybridized carbons (Fsp3) is 0.159. The van der Waals surface area contributed by atoms with Crippen LogP contribution in [0.2, 0.25) is 0 Å². The van der Waals surface area contributed by atoms with Gasteiger partial charge >= 0.3 is 29.5 Å². The molecule has 58 heavy (non-hydrogen) atoms. The minimum Gasteiger partial charge on any atom is -0.504 e. The van der Waals surface area contributed by atoms with Crippen molar-refractivity contribution in [3.05, 3.63) is 172 Å². The number of fused-ring (bicyclic) bond motifs is 1. The highest BCUT2D eigenvalue weighted by Crippen LogP contribution is 2.36. The molecular formula is C44H34O14.